The summed E-state index contributed by atoms with van der Waals surface area (Å²) in [6.07, 6.45) is 0. The summed E-state index contributed by atoms with van der Waals surface area (Å²) in [5.41, 5.74) is 7.09. The third-order valence-corrected chi connectivity index (χ3v) is 5.09. The Morgan fingerprint density at radius 2 is 1.62 bits per heavy atom. The molecule has 1 unspecified atom stereocenters. The van der Waals surface area contributed by atoms with Gasteiger partial charge in [0.15, 0.2) is 0 Å². The molecule has 2 rings (SSSR count). The van der Waals surface area contributed by atoms with E-state index >= 15 is 0 Å². The summed E-state index contributed by atoms with van der Waals surface area (Å²) in [4.78, 5) is 0. The van der Waals surface area contributed by atoms with Gasteiger partial charge in [-0.25, -0.2) is 0 Å². The van der Waals surface area contributed by atoms with E-state index in [2.05, 4.69) is 75.9 Å². The average Bonchev–Trinajstić information content (AvgIpc) is 2.86. The summed E-state index contributed by atoms with van der Waals surface area (Å²) in [7, 11) is 2.06. The summed E-state index contributed by atoms with van der Waals surface area (Å²) < 4.78 is 0. The van der Waals surface area contributed by atoms with Gasteiger partial charge in [0.2, 0.25) is 0 Å². The molecular formula is C19H27NS. The summed E-state index contributed by atoms with van der Waals surface area (Å²) in [5, 5.41) is 8.02. The lowest BCUT2D eigenvalue weighted by Crippen LogP contribution is -2.20. The molecule has 0 saturated heterocycles. The van der Waals surface area contributed by atoms with Gasteiger partial charge in [-0.1, -0.05) is 45.9 Å². The quantitative estimate of drug-likeness (QED) is 0.756. The largest absolute Gasteiger partial charge is 0.309 e. The van der Waals surface area contributed by atoms with E-state index in [1.165, 1.54) is 27.8 Å². The summed E-state index contributed by atoms with van der Waals surface area (Å²) in [5.74, 6) is 1.11. The van der Waals surface area contributed by atoms with Crippen LogP contribution in [0.25, 0.3) is 0 Å². The fourth-order valence-corrected chi connectivity index (χ4v) is 3.74. The van der Waals surface area contributed by atoms with E-state index in [-0.39, 0.29) is 6.04 Å². The van der Waals surface area contributed by atoms with Crippen LogP contribution >= 0.6 is 11.3 Å². The standard InChI is InChI=1S/C19H27NS/c1-12(2)15-7-8-16(17(9-15)13(3)4)19(20-6)18-11-21-10-14(18)5/h7-13,19-20H,1-6H3. The third kappa shape index (κ3) is 3.38. The third-order valence-electron chi connectivity index (χ3n) is 4.21. The number of rotatable bonds is 5. The van der Waals surface area contributed by atoms with Crippen molar-refractivity contribution in [2.24, 2.45) is 0 Å². The first kappa shape index (κ1) is 16.3. The highest BCUT2D eigenvalue weighted by molar-refractivity contribution is 7.08. The Kier molecular flexibility index (Phi) is 5.23. The van der Waals surface area contributed by atoms with Crippen molar-refractivity contribution < 1.29 is 0 Å². The highest BCUT2D eigenvalue weighted by Crippen LogP contribution is 2.34. The lowest BCUT2D eigenvalue weighted by molar-refractivity contribution is 0.671. The number of aryl methyl sites for hydroxylation is 1. The van der Waals surface area contributed by atoms with Crippen molar-refractivity contribution in [2.75, 3.05) is 7.05 Å². The average molecular weight is 301 g/mol. The molecule has 0 fully saturated rings. The number of nitrogens with one attached hydrogen (secondary N) is 1. The molecule has 1 nitrogen and oxygen atoms in total. The monoisotopic (exact) mass is 301 g/mol. The lowest BCUT2D eigenvalue weighted by Gasteiger charge is -2.24. The van der Waals surface area contributed by atoms with Gasteiger partial charge in [0.25, 0.3) is 0 Å². The van der Waals surface area contributed by atoms with Gasteiger partial charge >= 0.3 is 0 Å². The smallest absolute Gasteiger partial charge is 0.0587 e. The second-order valence-corrected chi connectivity index (χ2v) is 7.17. The van der Waals surface area contributed by atoms with Crippen molar-refractivity contribution in [1.82, 2.24) is 5.32 Å². The van der Waals surface area contributed by atoms with Crippen molar-refractivity contribution in [3.05, 3.63) is 56.8 Å². The molecule has 1 heterocycles. The lowest BCUT2D eigenvalue weighted by atomic mass is 9.86. The summed E-state index contributed by atoms with van der Waals surface area (Å²) in [6.45, 7) is 11.3. The number of hydrogen-bond donors (Lipinski definition) is 1. The molecule has 2 aromatic rings. The predicted octanol–water partition coefficient (Wildman–Crippen LogP) is 5.61. The molecule has 21 heavy (non-hydrogen) atoms. The van der Waals surface area contributed by atoms with Gasteiger partial charge in [0.05, 0.1) is 6.04 Å². The molecule has 0 saturated carbocycles. The predicted molar refractivity (Wildman–Crippen MR) is 94.6 cm³/mol. The molecular weight excluding hydrogens is 274 g/mol. The highest BCUT2D eigenvalue weighted by Gasteiger charge is 2.20. The van der Waals surface area contributed by atoms with Gasteiger partial charge < -0.3 is 5.32 Å². The van der Waals surface area contributed by atoms with Crippen LogP contribution < -0.4 is 5.32 Å². The van der Waals surface area contributed by atoms with Crippen molar-refractivity contribution in [2.45, 2.75) is 52.5 Å². The van der Waals surface area contributed by atoms with E-state index < -0.39 is 0 Å². The molecule has 114 valence electrons. The van der Waals surface area contributed by atoms with E-state index in [4.69, 9.17) is 0 Å². The second-order valence-electron chi connectivity index (χ2n) is 6.43. The van der Waals surface area contributed by atoms with Gasteiger partial charge in [-0.3, -0.25) is 0 Å². The van der Waals surface area contributed by atoms with Crippen molar-refractivity contribution in [1.29, 1.82) is 0 Å². The Hall–Kier alpha value is -1.12. The normalized spacial score (nSPS) is 13.1. The maximum absolute atomic E-state index is 3.51. The van der Waals surface area contributed by atoms with Gasteiger partial charge in [-0.15, -0.1) is 0 Å². The van der Waals surface area contributed by atoms with Crippen molar-refractivity contribution in [3.63, 3.8) is 0 Å². The maximum atomic E-state index is 3.51. The minimum Gasteiger partial charge on any atom is -0.309 e. The van der Waals surface area contributed by atoms with Crippen LogP contribution in [0.15, 0.2) is 29.0 Å². The zero-order valence-corrected chi connectivity index (χ0v) is 14.8. The SMILES string of the molecule is CNC(c1cscc1C)c1ccc(C(C)C)cc1C(C)C. The van der Waals surface area contributed by atoms with Crippen LogP contribution in [0.5, 0.6) is 0 Å². The van der Waals surface area contributed by atoms with Crippen molar-refractivity contribution in [3.8, 4) is 0 Å². The molecule has 1 aromatic heterocycles. The zero-order chi connectivity index (χ0) is 15.6. The number of benzene rings is 1. The van der Waals surface area contributed by atoms with Crippen LogP contribution in [0, 0.1) is 6.92 Å². The van der Waals surface area contributed by atoms with E-state index in [0.717, 1.165) is 0 Å². The van der Waals surface area contributed by atoms with Crippen LogP contribution in [0.4, 0.5) is 0 Å². The van der Waals surface area contributed by atoms with Crippen LogP contribution in [-0.4, -0.2) is 7.05 Å². The maximum Gasteiger partial charge on any atom is 0.0587 e. The molecule has 0 aliphatic carbocycles. The number of thiophene rings is 1. The van der Waals surface area contributed by atoms with Gasteiger partial charge in [0, 0.05) is 0 Å². The van der Waals surface area contributed by atoms with Crippen LogP contribution in [-0.2, 0) is 0 Å². The van der Waals surface area contributed by atoms with E-state index in [0.29, 0.717) is 11.8 Å². The van der Waals surface area contributed by atoms with Crippen molar-refractivity contribution >= 4 is 11.3 Å². The Morgan fingerprint density at radius 1 is 0.905 bits per heavy atom. The Balaban J connectivity index is 2.53. The van der Waals surface area contributed by atoms with Crippen LogP contribution in [0.3, 0.4) is 0 Å². The molecule has 0 aliphatic heterocycles. The van der Waals surface area contributed by atoms with Crippen LogP contribution in [0.2, 0.25) is 0 Å². The summed E-state index contributed by atoms with van der Waals surface area (Å²) in [6, 6.07) is 7.30. The van der Waals surface area contributed by atoms with Gasteiger partial charge in [-0.05, 0) is 64.4 Å². The van der Waals surface area contributed by atoms with Gasteiger partial charge in [0.1, 0.15) is 0 Å². The van der Waals surface area contributed by atoms with E-state index in [1.54, 1.807) is 11.3 Å². The first-order valence-corrected chi connectivity index (χ1v) is 8.73. The molecule has 2 heteroatoms. The zero-order valence-electron chi connectivity index (χ0n) is 14.0. The molecule has 0 aliphatic rings. The first-order chi connectivity index (χ1) is 9.95. The first-order valence-electron chi connectivity index (χ1n) is 7.79. The molecule has 1 atom stereocenters. The fourth-order valence-electron chi connectivity index (χ4n) is 2.86. The Bertz CT molecular complexity index is 595. The Morgan fingerprint density at radius 3 is 2.10 bits per heavy atom. The Labute approximate surface area is 133 Å². The highest BCUT2D eigenvalue weighted by atomic mass is 32.1. The molecule has 0 spiro atoms. The molecule has 1 N–H and O–H groups in total. The molecule has 0 radical (unpaired) electrons. The number of hydrogen-bond acceptors (Lipinski definition) is 2. The molecule has 0 amide bonds. The van der Waals surface area contributed by atoms with E-state index in [1.807, 2.05) is 0 Å². The van der Waals surface area contributed by atoms with Crippen LogP contribution in [0.1, 0.15) is 73.4 Å². The second kappa shape index (κ2) is 6.76. The summed E-state index contributed by atoms with van der Waals surface area (Å²) >= 11 is 1.79. The fraction of sp³-hybridized carbons (Fsp3) is 0.474. The minimum absolute atomic E-state index is 0.287. The topological polar surface area (TPSA) is 12.0 Å². The van der Waals surface area contributed by atoms with Gasteiger partial charge in [-0.2, -0.15) is 11.3 Å². The minimum atomic E-state index is 0.287. The van der Waals surface area contributed by atoms with E-state index in [9.17, 15) is 0 Å². The molecule has 1 aromatic carbocycles. The molecule has 0 bridgehead atoms.